The standard InChI is InChI=1S/C24H33N3O2S/c28-23(19-11-16-29-17-12-19)27-13-5-1-2-7-21(27)18-9-14-26(15-10-18)24-25-20-6-3-4-8-22(20)30-24/h3-4,6,8,18-19,21H,1-2,5,7,9-17H2. The van der Waals surface area contributed by atoms with Gasteiger partial charge in [-0.05, 0) is 56.6 Å². The minimum absolute atomic E-state index is 0.183. The van der Waals surface area contributed by atoms with Crippen LogP contribution in [0.5, 0.6) is 0 Å². The number of benzene rings is 1. The molecule has 1 amide bonds. The summed E-state index contributed by atoms with van der Waals surface area (Å²) < 4.78 is 6.77. The lowest BCUT2D eigenvalue weighted by atomic mass is 9.85. The molecule has 6 heteroatoms. The van der Waals surface area contributed by atoms with Crippen LogP contribution in [0.25, 0.3) is 10.2 Å². The first kappa shape index (κ1) is 20.3. The van der Waals surface area contributed by atoms with Crippen molar-refractivity contribution in [2.24, 2.45) is 11.8 Å². The zero-order valence-corrected chi connectivity index (χ0v) is 18.6. The molecule has 0 N–H and O–H groups in total. The molecule has 1 aromatic carbocycles. The zero-order chi connectivity index (χ0) is 20.3. The van der Waals surface area contributed by atoms with E-state index in [1.165, 1.54) is 24.0 Å². The average Bonchev–Trinajstić information content (AvgIpc) is 3.09. The summed E-state index contributed by atoms with van der Waals surface area (Å²) in [7, 11) is 0. The van der Waals surface area contributed by atoms with Crippen LogP contribution in [0.3, 0.4) is 0 Å². The molecule has 30 heavy (non-hydrogen) atoms. The number of ether oxygens (including phenoxy) is 1. The second-order valence-electron chi connectivity index (χ2n) is 9.12. The number of aromatic nitrogens is 1. The summed E-state index contributed by atoms with van der Waals surface area (Å²) in [6.45, 7) is 4.56. The first-order chi connectivity index (χ1) is 14.8. The molecule has 3 saturated heterocycles. The van der Waals surface area contributed by atoms with Crippen molar-refractivity contribution in [1.82, 2.24) is 9.88 Å². The van der Waals surface area contributed by atoms with Gasteiger partial charge in [0.25, 0.3) is 0 Å². The molecule has 1 atom stereocenters. The number of nitrogens with zero attached hydrogens (tertiary/aromatic N) is 3. The molecule has 0 aliphatic carbocycles. The van der Waals surface area contributed by atoms with Gasteiger partial charge in [0.1, 0.15) is 0 Å². The van der Waals surface area contributed by atoms with E-state index < -0.39 is 0 Å². The molecular formula is C24H33N3O2S. The van der Waals surface area contributed by atoms with E-state index in [-0.39, 0.29) is 5.92 Å². The summed E-state index contributed by atoms with van der Waals surface area (Å²) >= 11 is 1.81. The third kappa shape index (κ3) is 4.22. The lowest BCUT2D eigenvalue weighted by Crippen LogP contribution is -2.50. The van der Waals surface area contributed by atoms with Gasteiger partial charge in [-0.25, -0.2) is 4.98 Å². The number of likely N-dealkylation sites (tertiary alicyclic amines) is 1. The summed E-state index contributed by atoms with van der Waals surface area (Å²) in [5, 5.41) is 1.16. The van der Waals surface area contributed by atoms with Gasteiger partial charge in [-0.1, -0.05) is 36.3 Å². The number of hydrogen-bond acceptors (Lipinski definition) is 5. The molecule has 0 saturated carbocycles. The highest BCUT2D eigenvalue weighted by Gasteiger charge is 2.37. The molecule has 1 aromatic heterocycles. The number of fused-ring (bicyclic) bond motifs is 1. The molecule has 162 valence electrons. The quantitative estimate of drug-likeness (QED) is 0.712. The molecule has 0 radical (unpaired) electrons. The van der Waals surface area contributed by atoms with E-state index in [0.29, 0.717) is 17.9 Å². The van der Waals surface area contributed by atoms with Crippen LogP contribution in [0, 0.1) is 11.8 Å². The molecule has 4 heterocycles. The number of piperidine rings is 1. The van der Waals surface area contributed by atoms with Crippen LogP contribution in [-0.4, -0.2) is 54.7 Å². The Labute approximate surface area is 183 Å². The molecule has 2 aromatic rings. The van der Waals surface area contributed by atoms with Crippen molar-refractivity contribution < 1.29 is 9.53 Å². The fourth-order valence-electron chi connectivity index (χ4n) is 5.55. The number of rotatable bonds is 3. The topological polar surface area (TPSA) is 45.7 Å². The van der Waals surface area contributed by atoms with Gasteiger partial charge in [0.15, 0.2) is 5.13 Å². The van der Waals surface area contributed by atoms with Gasteiger partial charge in [0.05, 0.1) is 10.2 Å². The van der Waals surface area contributed by atoms with Gasteiger partial charge in [-0.15, -0.1) is 0 Å². The van der Waals surface area contributed by atoms with Crippen molar-refractivity contribution in [3.8, 4) is 0 Å². The Kier molecular flexibility index (Phi) is 6.23. The SMILES string of the molecule is O=C(C1CCOCC1)N1CCCCCC1C1CCN(c2nc3ccccc3s2)CC1. The smallest absolute Gasteiger partial charge is 0.226 e. The van der Waals surface area contributed by atoms with Gasteiger partial charge in [0, 0.05) is 44.8 Å². The van der Waals surface area contributed by atoms with Crippen molar-refractivity contribution in [2.75, 3.05) is 37.7 Å². The summed E-state index contributed by atoms with van der Waals surface area (Å²) in [6.07, 6.45) is 9.00. The molecule has 5 rings (SSSR count). The van der Waals surface area contributed by atoms with E-state index in [0.717, 1.165) is 75.6 Å². The van der Waals surface area contributed by atoms with Crippen LogP contribution in [-0.2, 0) is 9.53 Å². The molecule has 1 unspecified atom stereocenters. The largest absolute Gasteiger partial charge is 0.381 e. The highest BCUT2D eigenvalue weighted by Crippen LogP contribution is 2.35. The third-order valence-electron chi connectivity index (χ3n) is 7.29. The van der Waals surface area contributed by atoms with Gasteiger partial charge in [-0.3, -0.25) is 4.79 Å². The van der Waals surface area contributed by atoms with E-state index >= 15 is 0 Å². The predicted molar refractivity (Wildman–Crippen MR) is 122 cm³/mol. The highest BCUT2D eigenvalue weighted by atomic mass is 32.1. The maximum atomic E-state index is 13.4. The lowest BCUT2D eigenvalue weighted by Gasteiger charge is -2.42. The monoisotopic (exact) mass is 427 g/mol. The molecule has 0 bridgehead atoms. The van der Waals surface area contributed by atoms with Crippen LogP contribution < -0.4 is 4.90 Å². The van der Waals surface area contributed by atoms with E-state index in [2.05, 4.69) is 34.1 Å². The second kappa shape index (κ2) is 9.23. The van der Waals surface area contributed by atoms with Crippen LogP contribution >= 0.6 is 11.3 Å². The van der Waals surface area contributed by atoms with Crippen LogP contribution in [0.15, 0.2) is 24.3 Å². The molecule has 5 nitrogen and oxygen atoms in total. The normalized spacial score (nSPS) is 24.9. The van der Waals surface area contributed by atoms with Gasteiger partial charge in [-0.2, -0.15) is 0 Å². The Morgan fingerprint density at radius 2 is 1.77 bits per heavy atom. The zero-order valence-electron chi connectivity index (χ0n) is 17.8. The number of amides is 1. The Morgan fingerprint density at radius 1 is 0.967 bits per heavy atom. The first-order valence-electron chi connectivity index (χ1n) is 11.8. The number of anilines is 1. The predicted octanol–water partition coefficient (Wildman–Crippen LogP) is 4.71. The molecule has 3 aliphatic rings. The molecule has 3 fully saturated rings. The summed E-state index contributed by atoms with van der Waals surface area (Å²) in [4.78, 5) is 23.0. The van der Waals surface area contributed by atoms with Gasteiger partial charge in [0.2, 0.25) is 5.91 Å². The minimum Gasteiger partial charge on any atom is -0.381 e. The van der Waals surface area contributed by atoms with E-state index in [1.54, 1.807) is 11.3 Å². The Hall–Kier alpha value is -1.66. The van der Waals surface area contributed by atoms with Crippen molar-refractivity contribution in [3.63, 3.8) is 0 Å². The van der Waals surface area contributed by atoms with E-state index in [4.69, 9.17) is 9.72 Å². The van der Waals surface area contributed by atoms with Crippen LogP contribution in [0.1, 0.15) is 51.4 Å². The van der Waals surface area contributed by atoms with Gasteiger partial charge >= 0.3 is 0 Å². The van der Waals surface area contributed by atoms with Crippen molar-refractivity contribution >= 4 is 32.6 Å². The number of thiazole rings is 1. The Bertz CT molecular complexity index is 822. The van der Waals surface area contributed by atoms with Crippen LogP contribution in [0.2, 0.25) is 0 Å². The Balaban J connectivity index is 1.26. The summed E-state index contributed by atoms with van der Waals surface area (Å²) in [5.74, 6) is 1.22. The fourth-order valence-corrected chi connectivity index (χ4v) is 6.56. The van der Waals surface area contributed by atoms with E-state index in [9.17, 15) is 4.79 Å². The van der Waals surface area contributed by atoms with Crippen molar-refractivity contribution in [3.05, 3.63) is 24.3 Å². The first-order valence-corrected chi connectivity index (χ1v) is 12.6. The number of carbonyl (C=O) groups excluding carboxylic acids is 1. The highest BCUT2D eigenvalue weighted by molar-refractivity contribution is 7.22. The second-order valence-corrected chi connectivity index (χ2v) is 10.1. The summed E-state index contributed by atoms with van der Waals surface area (Å²) in [6, 6.07) is 8.85. The fraction of sp³-hybridized carbons (Fsp3) is 0.667. The minimum atomic E-state index is 0.183. The van der Waals surface area contributed by atoms with Crippen molar-refractivity contribution in [1.29, 1.82) is 0 Å². The van der Waals surface area contributed by atoms with Crippen molar-refractivity contribution in [2.45, 2.75) is 57.4 Å². The number of carbonyl (C=O) groups is 1. The van der Waals surface area contributed by atoms with Crippen LogP contribution in [0.4, 0.5) is 5.13 Å². The average molecular weight is 428 g/mol. The number of para-hydroxylation sites is 1. The van der Waals surface area contributed by atoms with E-state index in [1.807, 2.05) is 0 Å². The summed E-state index contributed by atoms with van der Waals surface area (Å²) in [5.41, 5.74) is 1.11. The molecule has 0 spiro atoms. The molecular weight excluding hydrogens is 394 g/mol. The maximum Gasteiger partial charge on any atom is 0.226 e. The third-order valence-corrected chi connectivity index (χ3v) is 8.39. The maximum absolute atomic E-state index is 13.4. The van der Waals surface area contributed by atoms with Gasteiger partial charge < -0.3 is 14.5 Å². The lowest BCUT2D eigenvalue weighted by molar-refractivity contribution is -0.142. The molecule has 3 aliphatic heterocycles. The Morgan fingerprint density at radius 3 is 2.57 bits per heavy atom. The number of hydrogen-bond donors (Lipinski definition) is 0.